The summed E-state index contributed by atoms with van der Waals surface area (Å²) < 4.78 is 27.6. The number of allylic oxidation sites excluding steroid dienone is 2. The third-order valence-electron chi connectivity index (χ3n) is 1.78. The van der Waals surface area contributed by atoms with E-state index in [-0.39, 0.29) is 5.31 Å². The van der Waals surface area contributed by atoms with Crippen LogP contribution in [0, 0.1) is 0 Å². The van der Waals surface area contributed by atoms with Crippen LogP contribution in [0.1, 0.15) is 34.6 Å². The first-order valence-corrected chi connectivity index (χ1v) is 7.74. The summed E-state index contributed by atoms with van der Waals surface area (Å²) in [7, 11) is -8.68. The Morgan fingerprint density at radius 2 is 1.38 bits per heavy atom. The van der Waals surface area contributed by atoms with Crippen molar-refractivity contribution < 1.29 is 28.3 Å². The van der Waals surface area contributed by atoms with Gasteiger partial charge in [-0.1, -0.05) is 0 Å². The molecule has 96 valence electrons. The molecule has 0 spiro atoms. The second kappa shape index (κ2) is 4.73. The zero-order valence-corrected chi connectivity index (χ0v) is 11.7. The summed E-state index contributed by atoms with van der Waals surface area (Å²) in [6.07, 6.45) is 0. The Labute approximate surface area is 95.0 Å². The summed E-state index contributed by atoms with van der Waals surface area (Å²) >= 11 is 0. The highest BCUT2D eigenvalue weighted by atomic mass is 31.2. The van der Waals surface area contributed by atoms with Crippen LogP contribution in [0.3, 0.4) is 0 Å². The van der Waals surface area contributed by atoms with E-state index in [4.69, 9.17) is 14.3 Å². The highest BCUT2D eigenvalue weighted by Gasteiger charge is 2.34. The fourth-order valence-electron chi connectivity index (χ4n) is 0.855. The van der Waals surface area contributed by atoms with E-state index >= 15 is 0 Å². The molecule has 0 fully saturated rings. The molecule has 6 nitrogen and oxygen atoms in total. The molecule has 8 heteroatoms. The molecule has 0 rings (SSSR count). The highest BCUT2D eigenvalue weighted by molar-refractivity contribution is 7.61. The second-order valence-electron chi connectivity index (χ2n) is 4.44. The van der Waals surface area contributed by atoms with Crippen LogP contribution in [0.15, 0.2) is 10.6 Å². The Bertz CT molecular complexity index is 386. The van der Waals surface area contributed by atoms with Gasteiger partial charge < -0.3 is 14.7 Å². The first-order valence-electron chi connectivity index (χ1n) is 4.55. The lowest BCUT2D eigenvalue weighted by atomic mass is 10.2. The summed E-state index contributed by atoms with van der Waals surface area (Å²) in [6, 6.07) is 0. The zero-order chi connectivity index (χ0) is 13.4. The third kappa shape index (κ3) is 4.91. The van der Waals surface area contributed by atoms with Gasteiger partial charge in [0.2, 0.25) is 0 Å². The smallest absolute Gasteiger partial charge is 0.321 e. The fourth-order valence-corrected chi connectivity index (χ4v) is 3.33. The molecule has 3 N–H and O–H groups in total. The van der Waals surface area contributed by atoms with Crippen molar-refractivity contribution >= 4 is 15.2 Å². The largest absolute Gasteiger partial charge is 0.355 e. The summed E-state index contributed by atoms with van der Waals surface area (Å²) in [5, 5.41) is -0.738. The van der Waals surface area contributed by atoms with Crippen molar-refractivity contribution in [3.05, 3.63) is 10.6 Å². The van der Waals surface area contributed by atoms with Gasteiger partial charge in [-0.2, -0.15) is 0 Å². The van der Waals surface area contributed by atoms with Gasteiger partial charge in [0.05, 0.1) is 5.60 Å². The minimum atomic E-state index is -4.51. The Kier molecular flexibility index (Phi) is 4.74. The van der Waals surface area contributed by atoms with E-state index in [1.54, 1.807) is 20.8 Å². The van der Waals surface area contributed by atoms with Crippen LogP contribution >= 0.6 is 15.2 Å². The molecule has 0 aromatic heterocycles. The van der Waals surface area contributed by atoms with E-state index in [0.29, 0.717) is 0 Å². The molecule has 1 atom stereocenters. The average Bonchev–Trinajstić information content (AvgIpc) is 1.95. The summed E-state index contributed by atoms with van der Waals surface area (Å²) in [4.78, 5) is 27.4. The minimum Gasteiger partial charge on any atom is -0.321 e. The average molecular weight is 272 g/mol. The van der Waals surface area contributed by atoms with Crippen LogP contribution in [0.4, 0.5) is 0 Å². The molecule has 0 heterocycles. The quantitative estimate of drug-likeness (QED) is 0.681. The lowest BCUT2D eigenvalue weighted by Gasteiger charge is -2.24. The molecule has 16 heavy (non-hydrogen) atoms. The molecular weight excluding hydrogens is 254 g/mol. The zero-order valence-electron chi connectivity index (χ0n) is 9.96. The molecule has 1 unspecified atom stereocenters. The SMILES string of the molecule is CC(=C(C)P(=O)(O)OC(C)(C)C)P(=O)(O)O. The van der Waals surface area contributed by atoms with Gasteiger partial charge in [0, 0.05) is 10.6 Å². The van der Waals surface area contributed by atoms with E-state index in [9.17, 15) is 14.0 Å². The number of rotatable bonds is 3. The molecule has 0 radical (unpaired) electrons. The molecule has 0 amide bonds. The highest BCUT2D eigenvalue weighted by Crippen LogP contribution is 2.60. The molecule has 0 aromatic carbocycles. The minimum absolute atomic E-state index is 0.309. The lowest BCUT2D eigenvalue weighted by Crippen LogP contribution is -2.17. The molecule has 0 saturated carbocycles. The molecular formula is C8H18O6P2. The van der Waals surface area contributed by atoms with Crippen molar-refractivity contribution in [1.82, 2.24) is 0 Å². The predicted molar refractivity (Wildman–Crippen MR) is 61.1 cm³/mol. The molecule has 0 saturated heterocycles. The standard InChI is InChI=1S/C8H18O6P2/c1-6(15(9,10)11)7(2)16(12,13)14-8(3,4)5/h1-5H3,(H,12,13)(H2,9,10,11). The van der Waals surface area contributed by atoms with Gasteiger partial charge in [-0.3, -0.25) is 13.7 Å². The van der Waals surface area contributed by atoms with E-state index in [0.717, 1.165) is 6.92 Å². The first-order chi connectivity index (χ1) is 6.77. The number of hydrogen-bond acceptors (Lipinski definition) is 3. The van der Waals surface area contributed by atoms with Crippen molar-refractivity contribution in [2.75, 3.05) is 0 Å². The maximum Gasteiger partial charge on any atom is 0.355 e. The summed E-state index contributed by atoms with van der Waals surface area (Å²) in [5.41, 5.74) is -0.874. The normalized spacial score (nSPS) is 19.0. The van der Waals surface area contributed by atoms with Crippen molar-refractivity contribution in [3.63, 3.8) is 0 Å². The first kappa shape index (κ1) is 16.0. The van der Waals surface area contributed by atoms with Crippen LogP contribution in [0.2, 0.25) is 0 Å². The van der Waals surface area contributed by atoms with Gasteiger partial charge in [-0.25, -0.2) is 0 Å². The van der Waals surface area contributed by atoms with Crippen molar-refractivity contribution in [1.29, 1.82) is 0 Å². The molecule has 0 aromatic rings. The van der Waals surface area contributed by atoms with Crippen molar-refractivity contribution in [3.8, 4) is 0 Å². The van der Waals surface area contributed by atoms with Crippen LogP contribution in [0.5, 0.6) is 0 Å². The Hall–Kier alpha value is 0.0400. The van der Waals surface area contributed by atoms with Gasteiger partial charge in [0.25, 0.3) is 0 Å². The maximum absolute atomic E-state index is 11.7. The van der Waals surface area contributed by atoms with E-state index in [1.807, 2.05) is 0 Å². The fraction of sp³-hybridized carbons (Fsp3) is 0.750. The molecule has 0 aliphatic heterocycles. The summed E-state index contributed by atoms with van der Waals surface area (Å²) in [6.45, 7) is 7.04. The van der Waals surface area contributed by atoms with Gasteiger partial charge in [0.1, 0.15) is 0 Å². The predicted octanol–water partition coefficient (Wildman–Crippen LogP) is 2.42. The molecule has 0 bridgehead atoms. The van der Waals surface area contributed by atoms with E-state index < -0.39 is 26.1 Å². The Morgan fingerprint density at radius 3 is 1.62 bits per heavy atom. The van der Waals surface area contributed by atoms with E-state index in [2.05, 4.69) is 0 Å². The maximum atomic E-state index is 11.7. The van der Waals surface area contributed by atoms with Crippen LogP contribution in [-0.4, -0.2) is 20.3 Å². The van der Waals surface area contributed by atoms with Crippen molar-refractivity contribution in [2.24, 2.45) is 0 Å². The van der Waals surface area contributed by atoms with Crippen LogP contribution in [0.25, 0.3) is 0 Å². The van der Waals surface area contributed by atoms with Crippen molar-refractivity contribution in [2.45, 2.75) is 40.2 Å². The third-order valence-corrected chi connectivity index (χ3v) is 5.15. The molecule has 0 aliphatic carbocycles. The summed E-state index contributed by atoms with van der Waals surface area (Å²) in [5.74, 6) is 0. The lowest BCUT2D eigenvalue weighted by molar-refractivity contribution is 0.114. The monoisotopic (exact) mass is 272 g/mol. The Balaban J connectivity index is 5.36. The molecule has 0 aliphatic rings. The van der Waals surface area contributed by atoms with Gasteiger partial charge >= 0.3 is 15.2 Å². The van der Waals surface area contributed by atoms with Crippen LogP contribution < -0.4 is 0 Å². The van der Waals surface area contributed by atoms with Gasteiger partial charge in [-0.15, -0.1) is 0 Å². The van der Waals surface area contributed by atoms with E-state index in [1.165, 1.54) is 6.92 Å². The van der Waals surface area contributed by atoms with Gasteiger partial charge in [-0.05, 0) is 34.6 Å². The Morgan fingerprint density at radius 1 is 1.00 bits per heavy atom. The topological polar surface area (TPSA) is 104 Å². The second-order valence-corrected chi connectivity index (χ2v) is 8.09. The van der Waals surface area contributed by atoms with Gasteiger partial charge in [0.15, 0.2) is 0 Å². The number of hydrogen-bond donors (Lipinski definition) is 3. The van der Waals surface area contributed by atoms with Crippen LogP contribution in [-0.2, 0) is 13.7 Å².